The van der Waals surface area contributed by atoms with Gasteiger partial charge in [-0.3, -0.25) is 14.9 Å². The first-order valence-corrected chi connectivity index (χ1v) is 5.09. The minimum Gasteiger partial charge on any atom is -0.497 e. The van der Waals surface area contributed by atoms with Crippen molar-refractivity contribution in [3.05, 3.63) is 33.9 Å². The molecule has 17 heavy (non-hydrogen) atoms. The lowest BCUT2D eigenvalue weighted by molar-refractivity contribution is -0.385. The largest absolute Gasteiger partial charge is 0.497 e. The molecule has 2 atom stereocenters. The molecule has 1 aliphatic rings. The third-order valence-electron chi connectivity index (χ3n) is 2.94. The summed E-state index contributed by atoms with van der Waals surface area (Å²) in [5, 5.41) is 19.7. The maximum Gasteiger partial charge on any atom is 0.307 e. The molecule has 6 nitrogen and oxygen atoms in total. The lowest BCUT2D eigenvalue weighted by Crippen LogP contribution is -2.01. The fourth-order valence-electron chi connectivity index (χ4n) is 1.93. The van der Waals surface area contributed by atoms with E-state index in [2.05, 4.69) is 0 Å². The number of aliphatic carboxylic acids is 1. The van der Waals surface area contributed by atoms with Crippen molar-refractivity contribution in [3.63, 3.8) is 0 Å². The number of benzene rings is 1. The number of rotatable bonds is 4. The molecule has 90 valence electrons. The molecule has 1 aromatic carbocycles. The standard InChI is InChI=1S/C11H11NO5/c1-17-6-2-3-7(10(4-6)12(15)16)8-5-9(8)11(13)14/h2-4,8-9H,5H2,1H3,(H,13,14). The van der Waals surface area contributed by atoms with Crippen molar-refractivity contribution in [1.29, 1.82) is 0 Å². The van der Waals surface area contributed by atoms with Crippen molar-refractivity contribution in [1.82, 2.24) is 0 Å². The fraction of sp³-hybridized carbons (Fsp3) is 0.364. The first-order chi connectivity index (χ1) is 8.04. The Kier molecular flexibility index (Phi) is 2.71. The summed E-state index contributed by atoms with van der Waals surface area (Å²) in [6.07, 6.45) is 0.461. The summed E-state index contributed by atoms with van der Waals surface area (Å²) >= 11 is 0. The molecule has 0 amide bonds. The number of carboxylic acid groups (broad SMARTS) is 1. The van der Waals surface area contributed by atoms with Gasteiger partial charge in [-0.15, -0.1) is 0 Å². The summed E-state index contributed by atoms with van der Waals surface area (Å²) in [6, 6.07) is 4.51. The van der Waals surface area contributed by atoms with Crippen LogP contribution in [0.2, 0.25) is 0 Å². The number of ether oxygens (including phenoxy) is 1. The van der Waals surface area contributed by atoms with Crippen LogP contribution in [0.5, 0.6) is 5.75 Å². The van der Waals surface area contributed by atoms with Gasteiger partial charge in [0.25, 0.3) is 5.69 Å². The second-order valence-electron chi connectivity index (χ2n) is 3.97. The normalized spacial score (nSPS) is 21.9. The molecule has 1 aromatic rings. The smallest absolute Gasteiger partial charge is 0.307 e. The number of hydrogen-bond acceptors (Lipinski definition) is 4. The van der Waals surface area contributed by atoms with Gasteiger partial charge in [0, 0.05) is 11.5 Å². The molecule has 0 aliphatic heterocycles. The number of methoxy groups -OCH3 is 1. The Labute approximate surface area is 97.0 Å². The van der Waals surface area contributed by atoms with Crippen LogP contribution in [-0.2, 0) is 4.79 Å². The average molecular weight is 237 g/mol. The minimum atomic E-state index is -0.903. The summed E-state index contributed by atoms with van der Waals surface area (Å²) in [6.45, 7) is 0. The van der Waals surface area contributed by atoms with Gasteiger partial charge >= 0.3 is 5.97 Å². The number of carbonyl (C=O) groups is 1. The van der Waals surface area contributed by atoms with Gasteiger partial charge in [0.1, 0.15) is 5.75 Å². The molecule has 1 aliphatic carbocycles. The van der Waals surface area contributed by atoms with E-state index in [-0.39, 0.29) is 11.6 Å². The van der Waals surface area contributed by atoms with E-state index in [0.29, 0.717) is 17.7 Å². The molecular formula is C11H11NO5. The summed E-state index contributed by atoms with van der Waals surface area (Å²) in [4.78, 5) is 21.2. The van der Waals surface area contributed by atoms with Crippen LogP contribution in [-0.4, -0.2) is 23.1 Å². The van der Waals surface area contributed by atoms with E-state index < -0.39 is 16.8 Å². The summed E-state index contributed by atoms with van der Waals surface area (Å²) in [5.41, 5.74) is 0.404. The first kappa shape index (κ1) is 11.4. The lowest BCUT2D eigenvalue weighted by Gasteiger charge is -2.04. The van der Waals surface area contributed by atoms with Crippen molar-refractivity contribution in [3.8, 4) is 5.75 Å². The SMILES string of the molecule is COc1ccc(C2CC2C(=O)O)c([N+](=O)[O-])c1. The van der Waals surface area contributed by atoms with E-state index in [1.807, 2.05) is 0 Å². The van der Waals surface area contributed by atoms with E-state index in [9.17, 15) is 14.9 Å². The number of hydrogen-bond donors (Lipinski definition) is 1. The molecule has 1 fully saturated rings. The zero-order valence-electron chi connectivity index (χ0n) is 9.12. The van der Waals surface area contributed by atoms with Crippen LogP contribution in [0.4, 0.5) is 5.69 Å². The van der Waals surface area contributed by atoms with Gasteiger partial charge in [0.2, 0.25) is 0 Å². The quantitative estimate of drug-likeness (QED) is 0.636. The molecule has 0 aromatic heterocycles. The Hall–Kier alpha value is -2.11. The molecule has 6 heteroatoms. The Morgan fingerprint density at radius 1 is 1.59 bits per heavy atom. The predicted octanol–water partition coefficient (Wildman–Crippen LogP) is 1.79. The molecule has 0 saturated heterocycles. The maximum atomic E-state index is 10.9. The van der Waals surface area contributed by atoms with Gasteiger partial charge in [0.15, 0.2) is 0 Å². The average Bonchev–Trinajstić information content (AvgIpc) is 3.08. The number of nitrogens with zero attached hydrogens (tertiary/aromatic N) is 1. The zero-order chi connectivity index (χ0) is 12.6. The highest BCUT2D eigenvalue weighted by Crippen LogP contribution is 2.50. The third-order valence-corrected chi connectivity index (χ3v) is 2.94. The van der Waals surface area contributed by atoms with Crippen molar-refractivity contribution in [2.45, 2.75) is 12.3 Å². The molecular weight excluding hydrogens is 226 g/mol. The van der Waals surface area contributed by atoms with Gasteiger partial charge in [-0.1, -0.05) is 0 Å². The first-order valence-electron chi connectivity index (χ1n) is 5.09. The molecule has 1 N–H and O–H groups in total. The molecule has 0 radical (unpaired) electrons. The predicted molar refractivity (Wildman–Crippen MR) is 58.1 cm³/mol. The van der Waals surface area contributed by atoms with Crippen LogP contribution in [0.25, 0.3) is 0 Å². The second-order valence-corrected chi connectivity index (χ2v) is 3.97. The highest BCUT2D eigenvalue weighted by atomic mass is 16.6. The van der Waals surface area contributed by atoms with E-state index >= 15 is 0 Å². The van der Waals surface area contributed by atoms with Crippen molar-refractivity contribution in [2.75, 3.05) is 7.11 Å². The topological polar surface area (TPSA) is 89.7 Å². The van der Waals surface area contributed by atoms with E-state index in [1.165, 1.54) is 13.2 Å². The van der Waals surface area contributed by atoms with Gasteiger partial charge in [-0.25, -0.2) is 0 Å². The van der Waals surface area contributed by atoms with Gasteiger partial charge in [-0.2, -0.15) is 0 Å². The molecule has 0 bridgehead atoms. The number of nitro groups is 1. The van der Waals surface area contributed by atoms with Crippen molar-refractivity contribution >= 4 is 11.7 Å². The van der Waals surface area contributed by atoms with E-state index in [1.54, 1.807) is 12.1 Å². The summed E-state index contributed by atoms with van der Waals surface area (Å²) in [7, 11) is 1.43. The fourth-order valence-corrected chi connectivity index (χ4v) is 1.93. The number of nitro benzene ring substituents is 1. The summed E-state index contributed by atoms with van der Waals surface area (Å²) < 4.78 is 4.91. The van der Waals surface area contributed by atoms with Crippen molar-refractivity contribution < 1.29 is 19.6 Å². The summed E-state index contributed by atoms with van der Waals surface area (Å²) in [5.74, 6) is -1.26. The molecule has 0 spiro atoms. The molecule has 2 rings (SSSR count). The second kappa shape index (κ2) is 4.04. The minimum absolute atomic E-state index is 0.0712. The van der Waals surface area contributed by atoms with Crippen LogP contribution in [0, 0.1) is 16.0 Å². The molecule has 1 saturated carbocycles. The molecule has 0 heterocycles. The van der Waals surface area contributed by atoms with Crippen LogP contribution >= 0.6 is 0 Å². The maximum absolute atomic E-state index is 10.9. The Morgan fingerprint density at radius 3 is 2.76 bits per heavy atom. The highest BCUT2D eigenvalue weighted by Gasteiger charge is 2.47. The Balaban J connectivity index is 2.35. The lowest BCUT2D eigenvalue weighted by atomic mass is 10.1. The zero-order valence-corrected chi connectivity index (χ0v) is 9.12. The Bertz CT molecular complexity index is 485. The van der Waals surface area contributed by atoms with Gasteiger partial charge in [-0.05, 0) is 18.6 Å². The van der Waals surface area contributed by atoms with Crippen LogP contribution < -0.4 is 4.74 Å². The third kappa shape index (κ3) is 2.06. The number of carboxylic acids is 1. The van der Waals surface area contributed by atoms with Crippen LogP contribution in [0.1, 0.15) is 17.9 Å². The van der Waals surface area contributed by atoms with Crippen LogP contribution in [0.3, 0.4) is 0 Å². The van der Waals surface area contributed by atoms with Crippen LogP contribution in [0.15, 0.2) is 18.2 Å². The monoisotopic (exact) mass is 237 g/mol. The van der Waals surface area contributed by atoms with Gasteiger partial charge < -0.3 is 9.84 Å². The van der Waals surface area contributed by atoms with E-state index in [4.69, 9.17) is 9.84 Å². The molecule has 2 unspecified atom stereocenters. The van der Waals surface area contributed by atoms with Crippen molar-refractivity contribution in [2.24, 2.45) is 5.92 Å². The highest BCUT2D eigenvalue weighted by molar-refractivity contribution is 5.76. The van der Waals surface area contributed by atoms with Gasteiger partial charge in [0.05, 0.1) is 24.0 Å². The van der Waals surface area contributed by atoms with E-state index in [0.717, 1.165) is 0 Å². The Morgan fingerprint density at radius 2 is 2.29 bits per heavy atom.